The number of aromatic nitrogens is 1. The molecule has 1 unspecified atom stereocenters. The fourth-order valence-electron chi connectivity index (χ4n) is 4.68. The molecule has 0 aliphatic heterocycles. The van der Waals surface area contributed by atoms with Gasteiger partial charge in [0.05, 0.1) is 19.3 Å². The van der Waals surface area contributed by atoms with Crippen molar-refractivity contribution in [2.45, 2.75) is 72.0 Å². The van der Waals surface area contributed by atoms with Crippen LogP contribution in [0, 0.1) is 10.5 Å². The Labute approximate surface area is 219 Å². The minimum Gasteiger partial charge on any atom is -0.496 e. The number of halogens is 1. The molecule has 0 bridgehead atoms. The van der Waals surface area contributed by atoms with Gasteiger partial charge in [-0.25, -0.2) is 9.78 Å². The minimum atomic E-state index is -0.894. The van der Waals surface area contributed by atoms with Crippen molar-refractivity contribution in [1.29, 1.82) is 0 Å². The lowest BCUT2D eigenvalue weighted by Crippen LogP contribution is -2.30. The molecule has 7 heteroatoms. The second-order valence-electron chi connectivity index (χ2n) is 9.58. The largest absolute Gasteiger partial charge is 0.496 e. The smallest absolute Gasteiger partial charge is 0.340 e. The number of carbonyl (C=O) groups excluding carboxylic acids is 1. The number of pyridine rings is 1. The minimum absolute atomic E-state index is 0.285. The maximum atomic E-state index is 13.3. The Bertz CT molecular complexity index is 1230. The third kappa shape index (κ3) is 4.97. The zero-order valence-corrected chi connectivity index (χ0v) is 23.7. The van der Waals surface area contributed by atoms with Gasteiger partial charge in [-0.3, -0.25) is 0 Å². The summed E-state index contributed by atoms with van der Waals surface area (Å²) in [5.41, 5.74) is 4.29. The molecule has 0 saturated heterocycles. The van der Waals surface area contributed by atoms with E-state index in [1.54, 1.807) is 18.4 Å². The highest BCUT2D eigenvalue weighted by atomic mass is 127. The lowest BCUT2D eigenvalue weighted by molar-refractivity contribution is -0.166. The van der Waals surface area contributed by atoms with Crippen molar-refractivity contribution in [1.82, 2.24) is 4.98 Å². The van der Waals surface area contributed by atoms with Crippen LogP contribution in [0.2, 0.25) is 0 Å². The first kappa shape index (κ1) is 25.4. The zero-order valence-electron chi connectivity index (χ0n) is 20.7. The first-order chi connectivity index (χ1) is 16.1. The summed E-state index contributed by atoms with van der Waals surface area (Å²) in [6.07, 6.45) is 3.56. The molecule has 1 atom stereocenters. The maximum Gasteiger partial charge on any atom is 0.340 e. The van der Waals surface area contributed by atoms with Crippen molar-refractivity contribution < 1.29 is 19.0 Å². The fraction of sp³-hybridized carbons (Fsp3) is 0.481. The second-order valence-corrected chi connectivity index (χ2v) is 11.9. The van der Waals surface area contributed by atoms with Crippen LogP contribution in [-0.4, -0.2) is 30.3 Å². The van der Waals surface area contributed by atoms with E-state index in [1.807, 2.05) is 40.7 Å². The Hall–Kier alpha value is -1.71. The van der Waals surface area contributed by atoms with Crippen LogP contribution in [0.15, 0.2) is 18.2 Å². The molecule has 3 aromatic rings. The van der Waals surface area contributed by atoms with E-state index in [2.05, 4.69) is 34.7 Å². The van der Waals surface area contributed by atoms with E-state index in [4.69, 9.17) is 19.2 Å². The number of esters is 1. The monoisotopic (exact) mass is 593 g/mol. The summed E-state index contributed by atoms with van der Waals surface area (Å²) in [5, 5.41) is 1.13. The zero-order chi connectivity index (χ0) is 24.6. The van der Waals surface area contributed by atoms with Crippen molar-refractivity contribution in [2.24, 2.45) is 0 Å². The quantitative estimate of drug-likeness (QED) is 0.224. The summed E-state index contributed by atoms with van der Waals surface area (Å²) < 4.78 is 18.8. The molecule has 182 valence electrons. The van der Waals surface area contributed by atoms with Gasteiger partial charge in [-0.05, 0) is 107 Å². The van der Waals surface area contributed by atoms with Gasteiger partial charge < -0.3 is 14.2 Å². The Morgan fingerprint density at radius 3 is 2.65 bits per heavy atom. The van der Waals surface area contributed by atoms with Gasteiger partial charge in [0.25, 0.3) is 0 Å². The number of benzene rings is 1. The number of fused-ring (bicyclic) bond motifs is 3. The number of methoxy groups -OCH3 is 1. The Kier molecular flexibility index (Phi) is 7.55. The number of thiophene rings is 1. The lowest BCUT2D eigenvalue weighted by Gasteiger charge is -2.29. The number of carbonyl (C=O) groups is 1. The molecule has 0 saturated carbocycles. The molecule has 0 radical (unpaired) electrons. The molecule has 2 heterocycles. The van der Waals surface area contributed by atoms with E-state index >= 15 is 0 Å². The van der Waals surface area contributed by atoms with Gasteiger partial charge in [0.1, 0.15) is 10.6 Å². The van der Waals surface area contributed by atoms with Crippen LogP contribution in [0.25, 0.3) is 21.3 Å². The number of aryl methyl sites for hydroxylation is 3. The van der Waals surface area contributed by atoms with Gasteiger partial charge in [0, 0.05) is 36.2 Å². The van der Waals surface area contributed by atoms with Crippen LogP contribution < -0.4 is 4.74 Å². The molecular formula is C27H32INO4S. The number of hydrogen-bond acceptors (Lipinski definition) is 6. The molecule has 1 aliphatic carbocycles. The number of rotatable bonds is 6. The van der Waals surface area contributed by atoms with E-state index in [9.17, 15) is 4.79 Å². The van der Waals surface area contributed by atoms with Gasteiger partial charge in [-0.1, -0.05) is 0 Å². The summed E-state index contributed by atoms with van der Waals surface area (Å²) in [5.74, 6) is 0.380. The predicted octanol–water partition coefficient (Wildman–Crippen LogP) is 7.18. The molecule has 0 amide bonds. The highest BCUT2D eigenvalue weighted by Crippen LogP contribution is 2.48. The summed E-state index contributed by atoms with van der Waals surface area (Å²) in [7, 11) is 1.69. The highest BCUT2D eigenvalue weighted by molar-refractivity contribution is 14.1. The first-order valence-electron chi connectivity index (χ1n) is 11.8. The Morgan fingerprint density at radius 1 is 1.24 bits per heavy atom. The van der Waals surface area contributed by atoms with Crippen LogP contribution in [0.3, 0.4) is 0 Å². The normalized spacial score (nSPS) is 14.7. The molecular weight excluding hydrogens is 561 g/mol. The number of ether oxygens (including phenoxy) is 3. The lowest BCUT2D eigenvalue weighted by atomic mass is 9.87. The molecule has 34 heavy (non-hydrogen) atoms. The standard InChI is InChI=1S/C27H32INO4S/c1-7-32-26(30)24(33-27(3,4)5)21-15(2)29-25-23(18-10-8-9-11-20(18)34-25)22(21)17-13-12-16(28)14-19(17)31-6/h12-14,24H,7-11H2,1-6H3. The summed E-state index contributed by atoms with van der Waals surface area (Å²) in [6.45, 7) is 9.94. The van der Waals surface area contributed by atoms with Crippen molar-refractivity contribution >= 4 is 50.1 Å². The molecule has 0 spiro atoms. The van der Waals surface area contributed by atoms with E-state index in [-0.39, 0.29) is 6.61 Å². The third-order valence-electron chi connectivity index (χ3n) is 6.00. The highest BCUT2D eigenvalue weighted by Gasteiger charge is 2.35. The molecule has 2 aromatic heterocycles. The van der Waals surface area contributed by atoms with Crippen LogP contribution in [-0.2, 0) is 27.1 Å². The van der Waals surface area contributed by atoms with Gasteiger partial charge in [0.15, 0.2) is 6.10 Å². The van der Waals surface area contributed by atoms with Gasteiger partial charge >= 0.3 is 5.97 Å². The predicted molar refractivity (Wildman–Crippen MR) is 146 cm³/mol. The average Bonchev–Trinajstić information content (AvgIpc) is 3.14. The van der Waals surface area contributed by atoms with Gasteiger partial charge in [0.2, 0.25) is 0 Å². The van der Waals surface area contributed by atoms with Crippen LogP contribution in [0.5, 0.6) is 5.75 Å². The molecule has 1 aromatic carbocycles. The van der Waals surface area contributed by atoms with E-state index in [0.717, 1.165) is 61.2 Å². The molecule has 1 aliphatic rings. The summed E-state index contributed by atoms with van der Waals surface area (Å²) in [6, 6.07) is 6.20. The van der Waals surface area contributed by atoms with Crippen LogP contribution >= 0.6 is 33.9 Å². The number of nitrogens with zero attached hydrogens (tertiary/aromatic N) is 1. The van der Waals surface area contributed by atoms with E-state index < -0.39 is 17.7 Å². The average molecular weight is 594 g/mol. The summed E-state index contributed by atoms with van der Waals surface area (Å²) in [4.78, 5) is 20.8. The van der Waals surface area contributed by atoms with Crippen molar-refractivity contribution in [3.8, 4) is 16.9 Å². The van der Waals surface area contributed by atoms with E-state index in [1.165, 1.54) is 16.9 Å². The SMILES string of the molecule is CCOC(=O)C(OC(C)(C)C)c1c(C)nc2sc3c(c2c1-c1ccc(I)cc1OC)CCCC3. The fourth-order valence-corrected chi connectivity index (χ4v) is 6.46. The van der Waals surface area contributed by atoms with Crippen molar-refractivity contribution in [3.05, 3.63) is 43.5 Å². The van der Waals surface area contributed by atoms with Crippen molar-refractivity contribution in [2.75, 3.05) is 13.7 Å². The first-order valence-corrected chi connectivity index (χ1v) is 13.7. The third-order valence-corrected chi connectivity index (χ3v) is 7.85. The second kappa shape index (κ2) is 10.1. The Balaban J connectivity index is 2.12. The number of hydrogen-bond donors (Lipinski definition) is 0. The van der Waals surface area contributed by atoms with Crippen LogP contribution in [0.4, 0.5) is 0 Å². The molecule has 0 N–H and O–H groups in total. The van der Waals surface area contributed by atoms with Gasteiger partial charge in [-0.2, -0.15) is 0 Å². The molecule has 5 nitrogen and oxygen atoms in total. The van der Waals surface area contributed by atoms with Crippen molar-refractivity contribution in [3.63, 3.8) is 0 Å². The van der Waals surface area contributed by atoms with Gasteiger partial charge in [-0.15, -0.1) is 11.3 Å². The maximum absolute atomic E-state index is 13.3. The topological polar surface area (TPSA) is 57.7 Å². The van der Waals surface area contributed by atoms with E-state index in [0.29, 0.717) is 0 Å². The Morgan fingerprint density at radius 2 is 1.97 bits per heavy atom. The summed E-state index contributed by atoms with van der Waals surface area (Å²) >= 11 is 4.08. The van der Waals surface area contributed by atoms with Crippen LogP contribution in [0.1, 0.15) is 68.3 Å². The molecule has 0 fully saturated rings. The molecule has 4 rings (SSSR count).